The summed E-state index contributed by atoms with van der Waals surface area (Å²) in [5, 5.41) is 0. The molecule has 0 radical (unpaired) electrons. The zero-order valence-corrected chi connectivity index (χ0v) is 11.4. The van der Waals surface area contributed by atoms with E-state index in [1.165, 1.54) is 0 Å². The molecule has 16 heavy (non-hydrogen) atoms. The highest BCUT2D eigenvalue weighted by Gasteiger charge is 2.15. The Labute approximate surface area is 97.6 Å². The van der Waals surface area contributed by atoms with Crippen molar-refractivity contribution >= 4 is 7.60 Å². The van der Waals surface area contributed by atoms with Crippen molar-refractivity contribution in [2.24, 2.45) is 0 Å². The largest absolute Gasteiger partial charge is 0.353 e. The summed E-state index contributed by atoms with van der Waals surface area (Å²) >= 11 is 0. The maximum absolute atomic E-state index is 10.9. The Morgan fingerprint density at radius 1 is 1.38 bits per heavy atom. The van der Waals surface area contributed by atoms with Crippen molar-refractivity contribution < 1.29 is 23.5 Å². The predicted octanol–water partition coefficient (Wildman–Crippen LogP) is 2.39. The number of rotatable bonds is 9. The Morgan fingerprint density at radius 2 is 2.00 bits per heavy atom. The van der Waals surface area contributed by atoms with Crippen molar-refractivity contribution in [1.82, 2.24) is 0 Å². The van der Waals surface area contributed by atoms with Gasteiger partial charge >= 0.3 is 7.60 Å². The van der Waals surface area contributed by atoms with Crippen LogP contribution < -0.4 is 0 Å². The van der Waals surface area contributed by atoms with Crippen LogP contribution in [0.5, 0.6) is 0 Å². The average Bonchev–Trinajstić information content (AvgIpc) is 2.15. The summed E-state index contributed by atoms with van der Waals surface area (Å²) in [4.78, 5) is 8.94. The second-order valence-electron chi connectivity index (χ2n) is 3.66. The normalized spacial score (nSPS) is 19.1. The molecule has 6 heteroatoms. The minimum atomic E-state index is -3.39. The van der Waals surface area contributed by atoms with Crippen LogP contribution in [0.15, 0.2) is 0 Å². The average molecular weight is 254 g/mol. The van der Waals surface area contributed by atoms with Gasteiger partial charge < -0.3 is 18.9 Å². The van der Waals surface area contributed by atoms with Crippen molar-refractivity contribution in [3.8, 4) is 0 Å². The summed E-state index contributed by atoms with van der Waals surface area (Å²) < 4.78 is 26.6. The second kappa shape index (κ2) is 8.20. The van der Waals surface area contributed by atoms with Crippen molar-refractivity contribution in [2.75, 3.05) is 19.9 Å². The summed E-state index contributed by atoms with van der Waals surface area (Å²) in [6.07, 6.45) is 1.10. The third kappa shape index (κ3) is 9.31. The summed E-state index contributed by atoms with van der Waals surface area (Å²) in [5.41, 5.74) is 0. The van der Waals surface area contributed by atoms with Crippen LogP contribution in [-0.4, -0.2) is 37.2 Å². The summed E-state index contributed by atoms with van der Waals surface area (Å²) in [6.45, 7) is 7.74. The Kier molecular flexibility index (Phi) is 8.24. The molecule has 0 saturated heterocycles. The van der Waals surface area contributed by atoms with E-state index in [1.807, 2.05) is 20.8 Å². The molecule has 0 aromatic heterocycles. The van der Waals surface area contributed by atoms with E-state index in [4.69, 9.17) is 18.9 Å². The molecule has 0 aliphatic rings. The molecule has 0 saturated carbocycles. The summed E-state index contributed by atoms with van der Waals surface area (Å²) in [7, 11) is -3.39. The summed E-state index contributed by atoms with van der Waals surface area (Å²) in [5.74, 6) is 0. The molecule has 5 nitrogen and oxygen atoms in total. The van der Waals surface area contributed by atoms with Gasteiger partial charge in [0.15, 0.2) is 6.29 Å². The van der Waals surface area contributed by atoms with Crippen LogP contribution in [0.4, 0.5) is 0 Å². The minimum absolute atomic E-state index is 0.110. The fourth-order valence-electron chi connectivity index (χ4n) is 1.05. The molecule has 0 aromatic carbocycles. The maximum Gasteiger partial charge on any atom is 0.325 e. The minimum Gasteiger partial charge on any atom is -0.353 e. The van der Waals surface area contributed by atoms with E-state index in [-0.39, 0.29) is 19.0 Å². The second-order valence-corrected chi connectivity index (χ2v) is 5.53. The molecular formula is C10H23O5P. The van der Waals surface area contributed by atoms with Gasteiger partial charge in [-0.25, -0.2) is 0 Å². The lowest BCUT2D eigenvalue weighted by Crippen LogP contribution is -2.24. The van der Waals surface area contributed by atoms with Crippen LogP contribution >= 0.6 is 7.60 Å². The van der Waals surface area contributed by atoms with Crippen LogP contribution in [0.1, 0.15) is 33.6 Å². The topological polar surface area (TPSA) is 65.0 Å². The molecule has 0 bridgehead atoms. The van der Waals surface area contributed by atoms with E-state index >= 15 is 0 Å². The molecule has 0 aromatic rings. The fourth-order valence-corrected chi connectivity index (χ4v) is 1.49. The highest BCUT2D eigenvalue weighted by molar-refractivity contribution is 7.51. The van der Waals surface area contributed by atoms with Gasteiger partial charge in [0, 0.05) is 19.7 Å². The predicted molar refractivity (Wildman–Crippen MR) is 62.6 cm³/mol. The quantitative estimate of drug-likeness (QED) is 0.505. The van der Waals surface area contributed by atoms with E-state index in [1.54, 1.807) is 0 Å². The van der Waals surface area contributed by atoms with Crippen molar-refractivity contribution in [1.29, 1.82) is 0 Å². The maximum atomic E-state index is 10.9. The van der Waals surface area contributed by atoms with Crippen LogP contribution in [0.2, 0.25) is 0 Å². The third-order valence-electron chi connectivity index (χ3n) is 2.00. The Hall–Kier alpha value is 0.0700. The van der Waals surface area contributed by atoms with E-state index in [0.717, 1.165) is 13.1 Å². The van der Waals surface area contributed by atoms with Gasteiger partial charge in [-0.05, 0) is 20.3 Å². The first kappa shape index (κ1) is 16.1. The highest BCUT2D eigenvalue weighted by atomic mass is 31.2. The molecule has 3 unspecified atom stereocenters. The van der Waals surface area contributed by atoms with E-state index in [0.29, 0.717) is 13.0 Å². The van der Waals surface area contributed by atoms with Crippen LogP contribution in [0, 0.1) is 0 Å². The molecule has 0 fully saturated rings. The lowest BCUT2D eigenvalue weighted by molar-refractivity contribution is -0.170. The van der Waals surface area contributed by atoms with Gasteiger partial charge in [-0.15, -0.1) is 0 Å². The van der Waals surface area contributed by atoms with Crippen LogP contribution in [0.25, 0.3) is 0 Å². The molecule has 0 heterocycles. The van der Waals surface area contributed by atoms with Gasteiger partial charge in [0.25, 0.3) is 0 Å². The number of ether oxygens (including phenoxy) is 2. The first-order chi connectivity index (χ1) is 7.39. The van der Waals surface area contributed by atoms with Gasteiger partial charge in [-0.2, -0.15) is 0 Å². The van der Waals surface area contributed by atoms with Crippen molar-refractivity contribution in [3.05, 3.63) is 0 Å². The molecule has 1 N–H and O–H groups in total. The Morgan fingerprint density at radius 3 is 2.44 bits per heavy atom. The summed E-state index contributed by atoms with van der Waals surface area (Å²) in [6, 6.07) is 0. The van der Waals surface area contributed by atoms with Gasteiger partial charge in [0.2, 0.25) is 0 Å². The molecule has 0 amide bonds. The van der Waals surface area contributed by atoms with Gasteiger partial charge in [0.1, 0.15) is 0 Å². The molecule has 0 aliphatic carbocycles. The van der Waals surface area contributed by atoms with Gasteiger partial charge in [-0.3, -0.25) is 4.57 Å². The molecular weight excluding hydrogens is 231 g/mol. The number of hydrogen-bond acceptors (Lipinski definition) is 4. The first-order valence-electron chi connectivity index (χ1n) is 5.60. The highest BCUT2D eigenvalue weighted by Crippen LogP contribution is 2.36. The first-order valence-corrected chi connectivity index (χ1v) is 7.63. The lowest BCUT2D eigenvalue weighted by atomic mass is 10.3. The molecule has 0 aliphatic heterocycles. The lowest BCUT2D eigenvalue weighted by Gasteiger charge is -2.21. The zero-order valence-electron chi connectivity index (χ0n) is 10.5. The smallest absolute Gasteiger partial charge is 0.325 e. The molecule has 98 valence electrons. The van der Waals surface area contributed by atoms with Crippen LogP contribution in [-0.2, 0) is 18.6 Å². The standard InChI is InChI=1S/C10H23O5P/c1-5-9(3)15-10(13-6-2)7-8-14-16(4,11)12/h9-10H,5-8H2,1-4H3,(H,11,12). The van der Waals surface area contributed by atoms with Crippen molar-refractivity contribution in [2.45, 2.75) is 46.0 Å². The van der Waals surface area contributed by atoms with Crippen LogP contribution in [0.3, 0.4) is 0 Å². The van der Waals surface area contributed by atoms with Gasteiger partial charge in [-0.1, -0.05) is 6.92 Å². The van der Waals surface area contributed by atoms with E-state index in [2.05, 4.69) is 0 Å². The van der Waals surface area contributed by atoms with E-state index in [9.17, 15) is 4.57 Å². The van der Waals surface area contributed by atoms with Gasteiger partial charge in [0.05, 0.1) is 12.7 Å². The Bertz CT molecular complexity index is 215. The number of hydrogen-bond donors (Lipinski definition) is 1. The zero-order chi connectivity index (χ0) is 12.6. The molecule has 3 atom stereocenters. The molecule has 0 spiro atoms. The Balaban J connectivity index is 3.89. The SMILES string of the molecule is CCOC(CCOP(C)(=O)O)OC(C)CC. The van der Waals surface area contributed by atoms with E-state index < -0.39 is 7.60 Å². The van der Waals surface area contributed by atoms with Crippen molar-refractivity contribution in [3.63, 3.8) is 0 Å². The fraction of sp³-hybridized carbons (Fsp3) is 1.00. The molecule has 0 rings (SSSR count). The monoisotopic (exact) mass is 254 g/mol. The third-order valence-corrected chi connectivity index (χ3v) is 2.66.